The number of methoxy groups -OCH3 is 1. The fraction of sp³-hybridized carbons (Fsp3) is 0.920. The third-order valence-electron chi connectivity index (χ3n) is 5.56. The Morgan fingerprint density at radius 3 is 2.34 bits per heavy atom. The van der Waals surface area contributed by atoms with Gasteiger partial charge in [0.05, 0.1) is 6.10 Å². The lowest BCUT2D eigenvalue weighted by Gasteiger charge is -2.33. The van der Waals surface area contributed by atoms with Gasteiger partial charge in [-0.1, -0.05) is 40.5 Å². The third-order valence-corrected chi connectivity index (χ3v) is 5.56. The lowest BCUT2D eigenvalue weighted by molar-refractivity contribution is -0.166. The van der Waals surface area contributed by atoms with Crippen molar-refractivity contribution in [3.05, 3.63) is 0 Å². The van der Waals surface area contributed by atoms with Crippen molar-refractivity contribution in [1.29, 1.82) is 0 Å². The van der Waals surface area contributed by atoms with Crippen LogP contribution in [0.15, 0.2) is 0 Å². The Kier molecular flexibility index (Phi) is 12.0. The van der Waals surface area contributed by atoms with E-state index in [1.807, 2.05) is 6.92 Å². The smallest absolute Gasteiger partial charge is 0.412 e. The average molecular weight is 458 g/mol. The van der Waals surface area contributed by atoms with Crippen molar-refractivity contribution in [2.45, 2.75) is 111 Å². The Balaban J connectivity index is 3.10. The van der Waals surface area contributed by atoms with Crippen LogP contribution in [0.2, 0.25) is 0 Å². The lowest BCUT2D eigenvalue weighted by Crippen LogP contribution is -2.49. The van der Waals surface area contributed by atoms with Crippen LogP contribution in [-0.2, 0) is 23.7 Å². The fourth-order valence-electron chi connectivity index (χ4n) is 4.01. The molecule has 0 radical (unpaired) electrons. The number of ether oxygens (including phenoxy) is 4. The largest absolute Gasteiger partial charge is 0.458 e. The summed E-state index contributed by atoms with van der Waals surface area (Å²) < 4.78 is 23.0. The van der Waals surface area contributed by atoms with Crippen LogP contribution in [0.3, 0.4) is 0 Å². The molecule has 188 valence electrons. The Morgan fingerprint density at radius 2 is 1.81 bits per heavy atom. The van der Waals surface area contributed by atoms with Crippen LogP contribution in [0.1, 0.15) is 87.5 Å². The number of cyclic esters (lactones) is 1. The Morgan fingerprint density at radius 1 is 1.16 bits per heavy atom. The third kappa shape index (κ3) is 10.1. The van der Waals surface area contributed by atoms with Gasteiger partial charge in [-0.15, -0.1) is 0 Å². The molecule has 1 aliphatic heterocycles. The lowest BCUT2D eigenvalue weighted by atomic mass is 9.86. The number of carbonyl (C=O) groups excluding carboxylic acids is 2. The number of amides is 1. The fourth-order valence-corrected chi connectivity index (χ4v) is 4.01. The zero-order valence-corrected chi connectivity index (χ0v) is 21.8. The number of nitrogens with zero attached hydrogens (tertiary/aromatic N) is 1. The summed E-state index contributed by atoms with van der Waals surface area (Å²) in [6.45, 7) is 16.6. The maximum Gasteiger partial charge on any atom is 0.412 e. The summed E-state index contributed by atoms with van der Waals surface area (Å²) in [6, 6.07) is -0.748. The van der Waals surface area contributed by atoms with E-state index in [0.717, 1.165) is 25.7 Å². The van der Waals surface area contributed by atoms with Crippen molar-refractivity contribution in [1.82, 2.24) is 4.90 Å². The van der Waals surface area contributed by atoms with Crippen LogP contribution in [0, 0.1) is 17.8 Å². The van der Waals surface area contributed by atoms with Crippen molar-refractivity contribution >= 4 is 12.1 Å². The van der Waals surface area contributed by atoms with Gasteiger partial charge in [0.2, 0.25) is 0 Å². The zero-order valence-electron chi connectivity index (χ0n) is 21.8. The van der Waals surface area contributed by atoms with E-state index in [1.54, 1.807) is 20.8 Å². The van der Waals surface area contributed by atoms with E-state index in [4.69, 9.17) is 18.9 Å². The molecule has 7 heteroatoms. The standard InChI is InChI=1S/C25H47NO6/c1-17(2)13-14-20-11-10-12-21(26(16-29-9)24(28)32-25(6,7)8)23(27)31-19(5)22(20)30-15-18(3)4/h17-22H,10-16H2,1-9H3/t19-,20+,21-,22-/m0/s1. The van der Waals surface area contributed by atoms with Crippen molar-refractivity contribution in [2.75, 3.05) is 20.4 Å². The molecule has 1 fully saturated rings. The molecule has 1 heterocycles. The van der Waals surface area contributed by atoms with Crippen LogP contribution in [0.5, 0.6) is 0 Å². The van der Waals surface area contributed by atoms with Gasteiger partial charge in [0.15, 0.2) is 0 Å². The van der Waals surface area contributed by atoms with Gasteiger partial charge in [0.1, 0.15) is 24.5 Å². The molecule has 1 rings (SSSR count). The second-order valence-corrected chi connectivity index (χ2v) is 10.9. The molecule has 0 saturated carbocycles. The monoisotopic (exact) mass is 457 g/mol. The number of carbonyl (C=O) groups is 2. The number of hydrogen-bond acceptors (Lipinski definition) is 6. The van der Waals surface area contributed by atoms with Gasteiger partial charge in [-0.2, -0.15) is 0 Å². The predicted octanol–water partition coefficient (Wildman–Crippen LogP) is 5.41. The van der Waals surface area contributed by atoms with Crippen molar-refractivity contribution in [3.63, 3.8) is 0 Å². The number of hydrogen-bond donors (Lipinski definition) is 0. The van der Waals surface area contributed by atoms with Gasteiger partial charge in [-0.3, -0.25) is 4.90 Å². The molecular formula is C25H47NO6. The summed E-state index contributed by atoms with van der Waals surface area (Å²) in [5.41, 5.74) is -0.670. The number of rotatable bonds is 9. The Bertz CT molecular complexity index is 571. The highest BCUT2D eigenvalue weighted by molar-refractivity contribution is 5.81. The van der Waals surface area contributed by atoms with Gasteiger partial charge in [-0.25, -0.2) is 9.59 Å². The molecule has 1 amide bonds. The summed E-state index contributed by atoms with van der Waals surface area (Å²) >= 11 is 0. The topological polar surface area (TPSA) is 74.3 Å². The molecule has 7 nitrogen and oxygen atoms in total. The highest BCUT2D eigenvalue weighted by atomic mass is 16.6. The molecule has 4 atom stereocenters. The minimum Gasteiger partial charge on any atom is -0.458 e. The molecule has 0 aromatic heterocycles. The molecule has 0 aromatic carbocycles. The summed E-state index contributed by atoms with van der Waals surface area (Å²) in [7, 11) is 1.50. The van der Waals surface area contributed by atoms with Crippen LogP contribution in [-0.4, -0.2) is 61.3 Å². The van der Waals surface area contributed by atoms with E-state index in [9.17, 15) is 9.59 Å². The summed E-state index contributed by atoms with van der Waals surface area (Å²) in [6.07, 6.45) is 3.21. The van der Waals surface area contributed by atoms with Gasteiger partial charge in [-0.05, 0) is 64.7 Å². The highest BCUT2D eigenvalue weighted by Gasteiger charge is 2.39. The molecule has 1 saturated heterocycles. The summed E-state index contributed by atoms with van der Waals surface area (Å²) in [5.74, 6) is 0.870. The number of esters is 1. The van der Waals surface area contributed by atoms with Crippen molar-refractivity contribution < 1.29 is 28.5 Å². The van der Waals surface area contributed by atoms with E-state index in [2.05, 4.69) is 27.7 Å². The van der Waals surface area contributed by atoms with Crippen molar-refractivity contribution in [3.8, 4) is 0 Å². The van der Waals surface area contributed by atoms with Crippen molar-refractivity contribution in [2.24, 2.45) is 17.8 Å². The minimum absolute atomic E-state index is 0.0346. The summed E-state index contributed by atoms with van der Waals surface area (Å²) in [4.78, 5) is 27.4. The molecule has 0 aliphatic carbocycles. The first-order valence-electron chi connectivity index (χ1n) is 12.2. The van der Waals surface area contributed by atoms with Crippen LogP contribution < -0.4 is 0 Å². The van der Waals surface area contributed by atoms with E-state index >= 15 is 0 Å². The molecule has 0 spiro atoms. The second-order valence-electron chi connectivity index (χ2n) is 10.9. The SMILES string of the molecule is COCN(C(=O)OC(C)(C)C)[C@H]1CCC[C@H](CCC(C)C)[C@@H](OCC(C)C)[C@H](C)OC1=O. The van der Waals surface area contributed by atoms with Gasteiger partial charge >= 0.3 is 12.1 Å². The molecule has 32 heavy (non-hydrogen) atoms. The predicted molar refractivity (Wildman–Crippen MR) is 125 cm³/mol. The summed E-state index contributed by atoms with van der Waals surface area (Å²) in [5, 5.41) is 0. The Hall–Kier alpha value is -1.34. The first kappa shape index (κ1) is 28.7. The van der Waals surface area contributed by atoms with Crippen LogP contribution in [0.4, 0.5) is 4.79 Å². The van der Waals surface area contributed by atoms with Gasteiger partial charge < -0.3 is 18.9 Å². The molecule has 0 N–H and O–H groups in total. The van der Waals surface area contributed by atoms with E-state index in [-0.39, 0.29) is 12.8 Å². The maximum atomic E-state index is 13.2. The second kappa shape index (κ2) is 13.4. The maximum absolute atomic E-state index is 13.2. The zero-order chi connectivity index (χ0) is 24.5. The van der Waals surface area contributed by atoms with Crippen LogP contribution in [0.25, 0.3) is 0 Å². The van der Waals surface area contributed by atoms with Gasteiger partial charge in [0, 0.05) is 13.7 Å². The quantitative estimate of drug-likeness (QED) is 0.341. The molecule has 0 bridgehead atoms. The minimum atomic E-state index is -0.748. The average Bonchev–Trinajstić information content (AvgIpc) is 2.70. The Labute approximate surface area is 195 Å². The highest BCUT2D eigenvalue weighted by Crippen LogP contribution is 2.30. The first-order chi connectivity index (χ1) is 14.9. The van der Waals surface area contributed by atoms with Gasteiger partial charge in [0.25, 0.3) is 0 Å². The molecule has 1 aliphatic rings. The van der Waals surface area contributed by atoms with E-state index in [0.29, 0.717) is 30.8 Å². The molecular weight excluding hydrogens is 410 g/mol. The normalized spacial score (nSPS) is 25.2. The van der Waals surface area contributed by atoms with Crippen LogP contribution >= 0.6 is 0 Å². The molecule has 0 aromatic rings. The molecule has 0 unspecified atom stereocenters. The van der Waals surface area contributed by atoms with E-state index in [1.165, 1.54) is 12.0 Å². The first-order valence-corrected chi connectivity index (χ1v) is 12.2. The van der Waals surface area contributed by atoms with E-state index < -0.39 is 29.8 Å².